The Morgan fingerprint density at radius 3 is 1.59 bits per heavy atom. The van der Waals surface area contributed by atoms with Gasteiger partial charge in [-0.1, -0.05) is 41.5 Å². The summed E-state index contributed by atoms with van der Waals surface area (Å²) < 4.78 is 0. The van der Waals surface area contributed by atoms with Crippen LogP contribution in [0.15, 0.2) is 36.4 Å². The molecule has 0 atom stereocenters. The molecule has 2 aromatic rings. The van der Waals surface area contributed by atoms with Gasteiger partial charge in [-0.15, -0.1) is 0 Å². The second-order valence-corrected chi connectivity index (χ2v) is 5.75. The maximum absolute atomic E-state index is 11.0. The van der Waals surface area contributed by atoms with Crippen LogP contribution in [0.1, 0.15) is 56.8 Å². The second-order valence-electron chi connectivity index (χ2n) is 5.75. The second kappa shape index (κ2) is 7.69. The van der Waals surface area contributed by atoms with E-state index in [-0.39, 0.29) is 11.6 Å². The minimum atomic E-state index is 0.141. The highest BCUT2D eigenvalue weighted by Crippen LogP contribution is 2.11. The molecular formula is C20H24O2. The third-order valence-electron chi connectivity index (χ3n) is 3.53. The van der Waals surface area contributed by atoms with Gasteiger partial charge in [0, 0.05) is 11.1 Å². The van der Waals surface area contributed by atoms with Gasteiger partial charge < -0.3 is 0 Å². The molecule has 0 aliphatic rings. The third-order valence-corrected chi connectivity index (χ3v) is 3.53. The van der Waals surface area contributed by atoms with Crippen LogP contribution in [0.5, 0.6) is 0 Å². The Morgan fingerprint density at radius 1 is 0.636 bits per heavy atom. The summed E-state index contributed by atoms with van der Waals surface area (Å²) in [6.07, 6.45) is 0. The fraction of sp³-hybridized carbons (Fsp3) is 0.300. The molecule has 0 spiro atoms. The van der Waals surface area contributed by atoms with E-state index in [2.05, 4.69) is 0 Å². The van der Waals surface area contributed by atoms with Gasteiger partial charge in [0.2, 0.25) is 0 Å². The summed E-state index contributed by atoms with van der Waals surface area (Å²) in [7, 11) is 0. The summed E-state index contributed by atoms with van der Waals surface area (Å²) >= 11 is 0. The van der Waals surface area contributed by atoms with E-state index < -0.39 is 0 Å². The van der Waals surface area contributed by atoms with Gasteiger partial charge in [0.1, 0.15) is 0 Å². The van der Waals surface area contributed by atoms with Gasteiger partial charge in [0.15, 0.2) is 11.6 Å². The van der Waals surface area contributed by atoms with Gasteiger partial charge in [-0.25, -0.2) is 0 Å². The summed E-state index contributed by atoms with van der Waals surface area (Å²) in [5, 5.41) is 0. The first-order chi connectivity index (χ1) is 10.2. The molecule has 0 radical (unpaired) electrons. The van der Waals surface area contributed by atoms with Gasteiger partial charge >= 0.3 is 0 Å². The molecule has 0 amide bonds. The zero-order valence-corrected chi connectivity index (χ0v) is 14.3. The minimum absolute atomic E-state index is 0.141. The predicted octanol–water partition coefficient (Wildman–Crippen LogP) is 5.01. The summed E-state index contributed by atoms with van der Waals surface area (Å²) in [4.78, 5) is 22.0. The number of hydrogen-bond donors (Lipinski definition) is 0. The monoisotopic (exact) mass is 296 g/mol. The third kappa shape index (κ3) is 4.96. The molecule has 0 aromatic heterocycles. The van der Waals surface area contributed by atoms with Crippen molar-refractivity contribution in [2.24, 2.45) is 0 Å². The van der Waals surface area contributed by atoms with E-state index >= 15 is 0 Å². The van der Waals surface area contributed by atoms with Crippen LogP contribution in [0, 0.1) is 27.7 Å². The van der Waals surface area contributed by atoms with E-state index in [1.165, 1.54) is 5.56 Å². The SMILES string of the molecule is CC(=O)c1cc(C)ccc1C.CC(=O)c1ccc(C)cc1C. The first kappa shape index (κ1) is 17.8. The molecule has 0 aliphatic carbocycles. The first-order valence-electron chi connectivity index (χ1n) is 7.38. The number of aryl methyl sites for hydroxylation is 4. The standard InChI is InChI=1S/2C10H12O/c1-7-4-5-10(9(3)11)8(2)6-7;1-7-4-5-8(2)10(6-7)9(3)11/h2*4-6H,1-3H3. The first-order valence-corrected chi connectivity index (χ1v) is 7.38. The van der Waals surface area contributed by atoms with Crippen molar-refractivity contribution in [2.45, 2.75) is 41.5 Å². The van der Waals surface area contributed by atoms with E-state index in [0.29, 0.717) is 0 Å². The van der Waals surface area contributed by atoms with Gasteiger partial charge in [-0.05, 0) is 58.7 Å². The van der Waals surface area contributed by atoms with E-state index in [1.807, 2.05) is 64.1 Å². The maximum atomic E-state index is 11.0. The Bertz CT molecular complexity index is 697. The van der Waals surface area contributed by atoms with Crippen LogP contribution in [-0.4, -0.2) is 11.6 Å². The van der Waals surface area contributed by atoms with Crippen LogP contribution in [0.3, 0.4) is 0 Å². The van der Waals surface area contributed by atoms with Crippen molar-refractivity contribution >= 4 is 11.6 Å². The molecule has 0 heterocycles. The summed E-state index contributed by atoms with van der Waals surface area (Å²) in [5.41, 5.74) is 6.13. The summed E-state index contributed by atoms with van der Waals surface area (Å²) in [5.74, 6) is 0.286. The fourth-order valence-electron chi connectivity index (χ4n) is 2.32. The Balaban J connectivity index is 0.000000220. The van der Waals surface area contributed by atoms with Crippen LogP contribution in [0.2, 0.25) is 0 Å². The molecule has 2 aromatic carbocycles. The molecule has 0 saturated carbocycles. The molecular weight excluding hydrogens is 272 g/mol. The Morgan fingerprint density at radius 2 is 1.14 bits per heavy atom. The molecule has 0 saturated heterocycles. The highest BCUT2D eigenvalue weighted by atomic mass is 16.1. The average Bonchev–Trinajstić information content (AvgIpc) is 2.41. The smallest absolute Gasteiger partial charge is 0.160 e. The molecule has 0 bridgehead atoms. The topological polar surface area (TPSA) is 34.1 Å². The molecule has 116 valence electrons. The van der Waals surface area contributed by atoms with Crippen LogP contribution < -0.4 is 0 Å². The highest BCUT2D eigenvalue weighted by Gasteiger charge is 2.02. The van der Waals surface area contributed by atoms with Crippen molar-refractivity contribution in [3.63, 3.8) is 0 Å². The van der Waals surface area contributed by atoms with Crippen molar-refractivity contribution in [3.05, 3.63) is 69.8 Å². The van der Waals surface area contributed by atoms with Gasteiger partial charge in [0.25, 0.3) is 0 Å². The van der Waals surface area contributed by atoms with Crippen LogP contribution in [-0.2, 0) is 0 Å². The molecule has 0 unspecified atom stereocenters. The van der Waals surface area contributed by atoms with Crippen LogP contribution >= 0.6 is 0 Å². The summed E-state index contributed by atoms with van der Waals surface area (Å²) in [6, 6.07) is 11.8. The van der Waals surface area contributed by atoms with Crippen molar-refractivity contribution in [3.8, 4) is 0 Å². The fourth-order valence-corrected chi connectivity index (χ4v) is 2.32. The van der Waals surface area contributed by atoms with Crippen molar-refractivity contribution in [1.29, 1.82) is 0 Å². The average molecular weight is 296 g/mol. The molecule has 2 nitrogen and oxygen atoms in total. The number of carbonyl (C=O) groups is 2. The van der Waals surface area contributed by atoms with E-state index in [1.54, 1.807) is 13.8 Å². The van der Waals surface area contributed by atoms with Crippen molar-refractivity contribution in [2.75, 3.05) is 0 Å². The number of rotatable bonds is 2. The lowest BCUT2D eigenvalue weighted by Crippen LogP contribution is -1.95. The minimum Gasteiger partial charge on any atom is -0.295 e. The zero-order valence-electron chi connectivity index (χ0n) is 14.3. The normalized spacial score (nSPS) is 9.73. The Hall–Kier alpha value is -2.22. The van der Waals surface area contributed by atoms with Gasteiger partial charge in [-0.3, -0.25) is 9.59 Å². The van der Waals surface area contributed by atoms with Gasteiger partial charge in [0.05, 0.1) is 0 Å². The van der Waals surface area contributed by atoms with Gasteiger partial charge in [-0.2, -0.15) is 0 Å². The maximum Gasteiger partial charge on any atom is 0.160 e. The molecule has 0 fully saturated rings. The Labute approximate surface area is 133 Å². The highest BCUT2D eigenvalue weighted by molar-refractivity contribution is 5.96. The Kier molecular flexibility index (Phi) is 6.24. The molecule has 0 N–H and O–H groups in total. The molecule has 22 heavy (non-hydrogen) atoms. The molecule has 2 heteroatoms. The van der Waals surface area contributed by atoms with E-state index in [4.69, 9.17) is 0 Å². The lowest BCUT2D eigenvalue weighted by Gasteiger charge is -2.01. The molecule has 0 aliphatic heterocycles. The largest absolute Gasteiger partial charge is 0.295 e. The summed E-state index contributed by atoms with van der Waals surface area (Å²) in [6.45, 7) is 11.1. The van der Waals surface area contributed by atoms with E-state index in [9.17, 15) is 9.59 Å². The number of Topliss-reactive ketones (excluding diaryl/α,β-unsaturated/α-hetero) is 2. The lowest BCUT2D eigenvalue weighted by atomic mass is 10.0. The number of hydrogen-bond acceptors (Lipinski definition) is 2. The van der Waals surface area contributed by atoms with Crippen molar-refractivity contribution < 1.29 is 9.59 Å². The van der Waals surface area contributed by atoms with Crippen LogP contribution in [0.4, 0.5) is 0 Å². The lowest BCUT2D eigenvalue weighted by molar-refractivity contribution is 0.100. The quantitative estimate of drug-likeness (QED) is 0.730. The number of ketones is 2. The van der Waals surface area contributed by atoms with Crippen LogP contribution in [0.25, 0.3) is 0 Å². The van der Waals surface area contributed by atoms with E-state index in [0.717, 1.165) is 27.8 Å². The number of benzene rings is 2. The number of carbonyl (C=O) groups excluding carboxylic acids is 2. The zero-order chi connectivity index (χ0) is 16.9. The predicted molar refractivity (Wildman–Crippen MR) is 91.8 cm³/mol. The van der Waals surface area contributed by atoms with Crippen molar-refractivity contribution in [1.82, 2.24) is 0 Å². The molecule has 2 rings (SSSR count).